The van der Waals surface area contributed by atoms with Crippen LogP contribution in [0.5, 0.6) is 0 Å². The molecule has 0 spiro atoms. The molecule has 1 aliphatic heterocycles. The number of hydrogen-bond donors (Lipinski definition) is 0. The number of likely N-dealkylation sites (tertiary alicyclic amines) is 1. The average Bonchev–Trinajstić information content (AvgIpc) is 2.76. The summed E-state index contributed by atoms with van der Waals surface area (Å²) >= 11 is 0. The molecule has 4 nitrogen and oxygen atoms in total. The third kappa shape index (κ3) is 4.48. The van der Waals surface area contributed by atoms with Crippen molar-refractivity contribution in [3.8, 4) is 0 Å². The van der Waals surface area contributed by atoms with E-state index < -0.39 is 0 Å². The number of fused-ring (bicyclic) bond motifs is 1. The summed E-state index contributed by atoms with van der Waals surface area (Å²) < 4.78 is 1.73. The Morgan fingerprint density at radius 2 is 1.83 bits per heavy atom. The predicted octanol–water partition coefficient (Wildman–Crippen LogP) is 3.95. The predicted molar refractivity (Wildman–Crippen MR) is 117 cm³/mol. The third-order valence-corrected chi connectivity index (χ3v) is 6.06. The van der Waals surface area contributed by atoms with Crippen LogP contribution in [0.1, 0.15) is 30.4 Å². The first-order chi connectivity index (χ1) is 14.1. The van der Waals surface area contributed by atoms with E-state index in [1.807, 2.05) is 55.6 Å². The molecule has 0 bridgehead atoms. The van der Waals surface area contributed by atoms with Gasteiger partial charge < -0.3 is 4.57 Å². The first-order valence-electron chi connectivity index (χ1n) is 10.5. The van der Waals surface area contributed by atoms with Crippen LogP contribution < -0.4 is 5.56 Å². The third-order valence-electron chi connectivity index (χ3n) is 6.06. The minimum atomic E-state index is 0.0567. The quantitative estimate of drug-likeness (QED) is 0.642. The van der Waals surface area contributed by atoms with Gasteiger partial charge in [0.1, 0.15) is 5.78 Å². The normalized spacial score (nSPS) is 17.5. The summed E-state index contributed by atoms with van der Waals surface area (Å²) in [5, 5.41) is 1.08. The molecule has 0 aliphatic carbocycles. The fraction of sp³-hybridized carbons (Fsp3) is 0.360. The van der Waals surface area contributed by atoms with E-state index in [1.54, 1.807) is 4.57 Å². The highest BCUT2D eigenvalue weighted by Gasteiger charge is 2.26. The van der Waals surface area contributed by atoms with Gasteiger partial charge >= 0.3 is 0 Å². The summed E-state index contributed by atoms with van der Waals surface area (Å²) in [5.41, 5.74) is 3.03. The van der Waals surface area contributed by atoms with Gasteiger partial charge in [-0.15, -0.1) is 0 Å². The molecule has 1 fully saturated rings. The zero-order valence-corrected chi connectivity index (χ0v) is 17.0. The van der Waals surface area contributed by atoms with Gasteiger partial charge in [-0.25, -0.2) is 0 Å². The molecule has 0 amide bonds. The fourth-order valence-corrected chi connectivity index (χ4v) is 4.42. The number of para-hydroxylation sites is 1. The minimum absolute atomic E-state index is 0.0567. The largest absolute Gasteiger partial charge is 0.311 e. The molecule has 0 saturated carbocycles. The molecule has 2 aromatic carbocycles. The van der Waals surface area contributed by atoms with Crippen molar-refractivity contribution in [2.24, 2.45) is 13.0 Å². The number of rotatable bonds is 6. The van der Waals surface area contributed by atoms with Gasteiger partial charge in [0.15, 0.2) is 0 Å². The molecule has 1 aliphatic rings. The van der Waals surface area contributed by atoms with Crippen molar-refractivity contribution in [3.63, 3.8) is 0 Å². The SMILES string of the molecule is Cn1c(=O)c(CN2CCCC(C(=O)CCc3ccccc3)C2)cc2ccccc21. The van der Waals surface area contributed by atoms with E-state index in [0.29, 0.717) is 18.7 Å². The Hall–Kier alpha value is -2.72. The zero-order chi connectivity index (χ0) is 20.2. The molecule has 1 aromatic heterocycles. The number of carbonyl (C=O) groups excluding carboxylic acids is 1. The van der Waals surface area contributed by atoms with E-state index >= 15 is 0 Å². The number of ketones is 1. The summed E-state index contributed by atoms with van der Waals surface area (Å²) in [7, 11) is 1.83. The molecule has 1 atom stereocenters. The van der Waals surface area contributed by atoms with Crippen molar-refractivity contribution in [2.75, 3.05) is 13.1 Å². The number of hydrogen-bond acceptors (Lipinski definition) is 3. The van der Waals surface area contributed by atoms with E-state index in [1.165, 1.54) is 5.56 Å². The van der Waals surface area contributed by atoms with Gasteiger partial charge in [0.05, 0.1) is 5.52 Å². The number of Topliss-reactive ketones (excluding diaryl/α,β-unsaturated/α-hetero) is 1. The second kappa shape index (κ2) is 8.75. The summed E-state index contributed by atoms with van der Waals surface area (Å²) in [4.78, 5) is 27.9. The number of pyridine rings is 1. The lowest BCUT2D eigenvalue weighted by atomic mass is 9.90. The molecule has 29 heavy (non-hydrogen) atoms. The Morgan fingerprint density at radius 1 is 1.07 bits per heavy atom. The average molecular weight is 389 g/mol. The lowest BCUT2D eigenvalue weighted by molar-refractivity contribution is -0.124. The van der Waals surface area contributed by atoms with Crippen molar-refractivity contribution in [2.45, 2.75) is 32.2 Å². The van der Waals surface area contributed by atoms with Crippen molar-refractivity contribution >= 4 is 16.7 Å². The van der Waals surface area contributed by atoms with Crippen LogP contribution in [0.25, 0.3) is 10.9 Å². The molecule has 1 saturated heterocycles. The molecule has 0 radical (unpaired) electrons. The maximum Gasteiger partial charge on any atom is 0.255 e. The van der Waals surface area contributed by atoms with Crippen LogP contribution in [0.3, 0.4) is 0 Å². The van der Waals surface area contributed by atoms with Crippen molar-refractivity contribution in [1.29, 1.82) is 0 Å². The van der Waals surface area contributed by atoms with Crippen molar-refractivity contribution in [3.05, 3.63) is 82.1 Å². The van der Waals surface area contributed by atoms with E-state index in [9.17, 15) is 9.59 Å². The van der Waals surface area contributed by atoms with Crippen LogP contribution in [0.4, 0.5) is 0 Å². The molecule has 0 N–H and O–H groups in total. The number of aromatic nitrogens is 1. The second-order valence-electron chi connectivity index (χ2n) is 8.12. The van der Waals surface area contributed by atoms with Gasteiger partial charge in [-0.05, 0) is 48.9 Å². The standard InChI is InChI=1S/C25H28N2O2/c1-26-23-12-6-5-10-20(23)16-22(25(26)29)18-27-15-7-11-21(17-27)24(28)14-13-19-8-3-2-4-9-19/h2-6,8-10,12,16,21H,7,11,13-15,17-18H2,1H3. The summed E-state index contributed by atoms with van der Waals surface area (Å²) in [6.45, 7) is 2.31. The molecule has 4 heteroatoms. The van der Waals surface area contributed by atoms with Crippen LogP contribution in [0, 0.1) is 5.92 Å². The molecule has 1 unspecified atom stereocenters. The van der Waals surface area contributed by atoms with E-state index in [0.717, 1.165) is 48.8 Å². The van der Waals surface area contributed by atoms with Gasteiger partial charge in [-0.2, -0.15) is 0 Å². The summed E-state index contributed by atoms with van der Waals surface area (Å²) in [6, 6.07) is 20.2. The first kappa shape index (κ1) is 19.6. The number of benzene rings is 2. The molecule has 2 heterocycles. The Kier molecular flexibility index (Phi) is 5.91. The van der Waals surface area contributed by atoms with Crippen LogP contribution in [-0.2, 0) is 24.8 Å². The maximum absolute atomic E-state index is 12.8. The summed E-state index contributed by atoms with van der Waals surface area (Å²) in [5.74, 6) is 0.432. The fourth-order valence-electron chi connectivity index (χ4n) is 4.42. The monoisotopic (exact) mass is 388 g/mol. The van der Waals surface area contributed by atoms with Gasteiger partial charge in [0.25, 0.3) is 5.56 Å². The van der Waals surface area contributed by atoms with E-state index in [-0.39, 0.29) is 11.5 Å². The van der Waals surface area contributed by atoms with Gasteiger partial charge in [0.2, 0.25) is 0 Å². The molecular weight excluding hydrogens is 360 g/mol. The second-order valence-corrected chi connectivity index (χ2v) is 8.12. The summed E-state index contributed by atoms with van der Waals surface area (Å²) in [6.07, 6.45) is 3.37. The molecule has 150 valence electrons. The lowest BCUT2D eigenvalue weighted by Crippen LogP contribution is -2.39. The van der Waals surface area contributed by atoms with Crippen LogP contribution in [0.2, 0.25) is 0 Å². The number of nitrogens with zero attached hydrogens (tertiary/aromatic N) is 2. The number of aryl methyl sites for hydroxylation is 2. The van der Waals surface area contributed by atoms with Crippen molar-refractivity contribution in [1.82, 2.24) is 9.47 Å². The van der Waals surface area contributed by atoms with Gasteiger partial charge in [0, 0.05) is 38.0 Å². The van der Waals surface area contributed by atoms with Gasteiger partial charge in [-0.3, -0.25) is 14.5 Å². The van der Waals surface area contributed by atoms with Crippen LogP contribution in [0.15, 0.2) is 65.5 Å². The van der Waals surface area contributed by atoms with E-state index in [4.69, 9.17) is 0 Å². The lowest BCUT2D eigenvalue weighted by Gasteiger charge is -2.32. The highest BCUT2D eigenvalue weighted by molar-refractivity contribution is 5.81. The van der Waals surface area contributed by atoms with E-state index in [2.05, 4.69) is 17.0 Å². The van der Waals surface area contributed by atoms with Gasteiger partial charge in [-0.1, -0.05) is 48.5 Å². The van der Waals surface area contributed by atoms with Crippen LogP contribution in [-0.4, -0.2) is 28.3 Å². The van der Waals surface area contributed by atoms with Crippen LogP contribution >= 0.6 is 0 Å². The minimum Gasteiger partial charge on any atom is -0.311 e. The highest BCUT2D eigenvalue weighted by atomic mass is 16.1. The highest BCUT2D eigenvalue weighted by Crippen LogP contribution is 2.22. The number of carbonyl (C=O) groups is 1. The Bertz CT molecular complexity index is 1060. The molecule has 3 aromatic rings. The number of piperidine rings is 1. The molecular formula is C25H28N2O2. The smallest absolute Gasteiger partial charge is 0.255 e. The van der Waals surface area contributed by atoms with Crippen molar-refractivity contribution < 1.29 is 4.79 Å². The topological polar surface area (TPSA) is 42.3 Å². The Balaban J connectivity index is 1.42. The maximum atomic E-state index is 12.8. The Labute approximate surface area is 171 Å². The zero-order valence-electron chi connectivity index (χ0n) is 17.0. The Morgan fingerprint density at radius 3 is 2.66 bits per heavy atom. The molecule has 4 rings (SSSR count). The first-order valence-corrected chi connectivity index (χ1v) is 10.5.